The van der Waals surface area contributed by atoms with Crippen molar-refractivity contribution < 1.29 is 0 Å². The fourth-order valence-corrected chi connectivity index (χ4v) is 1.60. The number of para-hydroxylation sites is 1. The van der Waals surface area contributed by atoms with Gasteiger partial charge in [0, 0.05) is 0 Å². The predicted octanol–water partition coefficient (Wildman–Crippen LogP) is 0.903. The Labute approximate surface area is 97.6 Å². The van der Waals surface area contributed by atoms with Crippen molar-refractivity contribution in [3.63, 3.8) is 0 Å². The number of aromatic nitrogens is 3. The third kappa shape index (κ3) is 2.13. The molecule has 1 N–H and O–H groups in total. The van der Waals surface area contributed by atoms with Gasteiger partial charge < -0.3 is 0 Å². The molecule has 1 aromatic carbocycles. The second kappa shape index (κ2) is 4.29. The smallest absolute Gasteiger partial charge is 0.246 e. The molecular weight excluding hydrogens is 218 g/mol. The van der Waals surface area contributed by atoms with E-state index in [0.29, 0.717) is 12.2 Å². The Morgan fingerprint density at radius 2 is 1.94 bits per heavy atom. The van der Waals surface area contributed by atoms with Crippen molar-refractivity contribution >= 4 is 0 Å². The molecule has 0 unspecified atom stereocenters. The molecular formula is C12H13N3O2. The van der Waals surface area contributed by atoms with Gasteiger partial charge in [0.25, 0.3) is 0 Å². The average Bonchev–Trinajstić information content (AvgIpc) is 2.54. The zero-order valence-corrected chi connectivity index (χ0v) is 9.51. The van der Waals surface area contributed by atoms with Crippen LogP contribution in [0.15, 0.2) is 52.1 Å². The molecule has 0 spiro atoms. The molecule has 0 radical (unpaired) electrons. The summed E-state index contributed by atoms with van der Waals surface area (Å²) in [7, 11) is 0. The van der Waals surface area contributed by atoms with Crippen LogP contribution in [0.3, 0.4) is 0 Å². The number of aromatic amines is 1. The lowest BCUT2D eigenvalue weighted by Crippen LogP contribution is -2.27. The van der Waals surface area contributed by atoms with Crippen LogP contribution in [0.4, 0.5) is 0 Å². The number of rotatable bonds is 3. The zero-order chi connectivity index (χ0) is 12.4. The van der Waals surface area contributed by atoms with E-state index in [1.165, 1.54) is 4.68 Å². The van der Waals surface area contributed by atoms with Crippen LogP contribution in [0, 0.1) is 0 Å². The van der Waals surface area contributed by atoms with E-state index in [4.69, 9.17) is 0 Å². The standard InChI is InChI=1S/C12H13N3O2/c1-9(2)8-14-12(17)15(11(16)13-14)10-6-4-3-5-7-10/h3-7H,1,8H2,2H3,(H,13,16). The molecule has 2 rings (SSSR count). The third-order valence-corrected chi connectivity index (χ3v) is 2.30. The summed E-state index contributed by atoms with van der Waals surface area (Å²) in [5.74, 6) is 0. The van der Waals surface area contributed by atoms with Crippen molar-refractivity contribution in [2.75, 3.05) is 0 Å². The van der Waals surface area contributed by atoms with Crippen LogP contribution < -0.4 is 11.4 Å². The van der Waals surface area contributed by atoms with E-state index in [-0.39, 0.29) is 5.69 Å². The number of hydrogen-bond donors (Lipinski definition) is 1. The van der Waals surface area contributed by atoms with E-state index in [9.17, 15) is 9.59 Å². The molecule has 1 heterocycles. The largest absolute Gasteiger partial charge is 0.351 e. The number of nitrogens with one attached hydrogen (secondary N) is 1. The van der Waals surface area contributed by atoms with Crippen LogP contribution in [0.25, 0.3) is 5.69 Å². The minimum absolute atomic E-state index is 0.313. The van der Waals surface area contributed by atoms with Crippen LogP contribution in [-0.2, 0) is 6.54 Å². The molecule has 0 fully saturated rings. The summed E-state index contributed by atoms with van der Waals surface area (Å²) in [5.41, 5.74) is 0.527. The van der Waals surface area contributed by atoms with E-state index >= 15 is 0 Å². The van der Waals surface area contributed by atoms with Crippen LogP contribution in [0.2, 0.25) is 0 Å². The fraction of sp³-hybridized carbons (Fsp3) is 0.167. The molecule has 2 aromatic rings. The first kappa shape index (κ1) is 11.2. The maximum atomic E-state index is 12.0. The Kier molecular flexibility index (Phi) is 2.82. The molecule has 0 aliphatic rings. The Morgan fingerprint density at radius 1 is 1.29 bits per heavy atom. The van der Waals surface area contributed by atoms with Crippen LogP contribution in [0.1, 0.15) is 6.92 Å². The van der Waals surface area contributed by atoms with Crippen LogP contribution in [0.5, 0.6) is 0 Å². The van der Waals surface area contributed by atoms with E-state index < -0.39 is 5.69 Å². The lowest BCUT2D eigenvalue weighted by molar-refractivity contribution is 0.643. The van der Waals surface area contributed by atoms with Gasteiger partial charge in [0.1, 0.15) is 0 Å². The fourth-order valence-electron chi connectivity index (χ4n) is 1.60. The van der Waals surface area contributed by atoms with Crippen LogP contribution >= 0.6 is 0 Å². The minimum Gasteiger partial charge on any atom is -0.246 e. The van der Waals surface area contributed by atoms with Crippen molar-refractivity contribution in [1.29, 1.82) is 0 Å². The van der Waals surface area contributed by atoms with Gasteiger partial charge in [0.05, 0.1) is 12.2 Å². The summed E-state index contributed by atoms with van der Waals surface area (Å²) in [6.45, 7) is 5.82. The van der Waals surface area contributed by atoms with E-state index in [2.05, 4.69) is 11.7 Å². The first-order valence-corrected chi connectivity index (χ1v) is 5.21. The van der Waals surface area contributed by atoms with Crippen molar-refractivity contribution in [3.05, 3.63) is 63.5 Å². The molecule has 0 amide bonds. The topological polar surface area (TPSA) is 59.8 Å². The summed E-state index contributed by atoms with van der Waals surface area (Å²) >= 11 is 0. The zero-order valence-electron chi connectivity index (χ0n) is 9.51. The molecule has 0 saturated carbocycles. The number of benzene rings is 1. The van der Waals surface area contributed by atoms with Gasteiger partial charge in [0.15, 0.2) is 0 Å². The number of nitrogens with zero attached hydrogens (tertiary/aromatic N) is 2. The van der Waals surface area contributed by atoms with Gasteiger partial charge in [-0.2, -0.15) is 0 Å². The number of hydrogen-bond acceptors (Lipinski definition) is 2. The maximum Gasteiger partial charge on any atom is 0.351 e. The number of allylic oxidation sites excluding steroid dienone is 1. The molecule has 0 atom stereocenters. The highest BCUT2D eigenvalue weighted by Gasteiger charge is 2.09. The quantitative estimate of drug-likeness (QED) is 0.798. The van der Waals surface area contributed by atoms with Crippen molar-refractivity contribution in [2.24, 2.45) is 0 Å². The second-order valence-corrected chi connectivity index (χ2v) is 3.91. The molecule has 5 heteroatoms. The highest BCUT2D eigenvalue weighted by molar-refractivity contribution is 5.30. The highest BCUT2D eigenvalue weighted by atomic mass is 16.2. The van der Waals surface area contributed by atoms with Crippen LogP contribution in [-0.4, -0.2) is 14.3 Å². The van der Waals surface area contributed by atoms with Gasteiger partial charge in [-0.05, 0) is 19.1 Å². The molecule has 0 bridgehead atoms. The lowest BCUT2D eigenvalue weighted by Gasteiger charge is -1.99. The summed E-state index contributed by atoms with van der Waals surface area (Å²) in [4.78, 5) is 23.7. The molecule has 0 saturated heterocycles. The normalized spacial score (nSPS) is 10.4. The number of H-pyrrole nitrogens is 1. The first-order chi connectivity index (χ1) is 8.09. The monoisotopic (exact) mass is 231 g/mol. The van der Waals surface area contributed by atoms with Crippen molar-refractivity contribution in [3.8, 4) is 5.69 Å². The van der Waals surface area contributed by atoms with Gasteiger partial charge in [-0.3, -0.25) is 0 Å². The summed E-state index contributed by atoms with van der Waals surface area (Å²) in [6, 6.07) is 8.80. The van der Waals surface area contributed by atoms with Gasteiger partial charge in [-0.15, -0.1) is 0 Å². The SMILES string of the molecule is C=C(C)Cn1[nH]c(=O)n(-c2ccccc2)c1=O. The molecule has 1 aromatic heterocycles. The minimum atomic E-state index is -0.442. The molecule has 88 valence electrons. The average molecular weight is 231 g/mol. The third-order valence-electron chi connectivity index (χ3n) is 2.30. The van der Waals surface area contributed by atoms with Gasteiger partial charge >= 0.3 is 11.4 Å². The molecule has 5 nitrogen and oxygen atoms in total. The van der Waals surface area contributed by atoms with E-state index in [1.54, 1.807) is 31.2 Å². The molecule has 17 heavy (non-hydrogen) atoms. The summed E-state index contributed by atoms with van der Waals surface area (Å²) in [5, 5.41) is 2.49. The Balaban J connectivity index is 2.57. The van der Waals surface area contributed by atoms with Crippen molar-refractivity contribution in [1.82, 2.24) is 14.3 Å². The van der Waals surface area contributed by atoms with E-state index in [0.717, 1.165) is 10.1 Å². The van der Waals surface area contributed by atoms with Gasteiger partial charge in [-0.25, -0.2) is 23.9 Å². The van der Waals surface area contributed by atoms with Gasteiger partial charge in [0.2, 0.25) is 0 Å². The Hall–Kier alpha value is -2.30. The second-order valence-electron chi connectivity index (χ2n) is 3.91. The lowest BCUT2D eigenvalue weighted by atomic mass is 10.3. The maximum absolute atomic E-state index is 12.0. The highest BCUT2D eigenvalue weighted by Crippen LogP contribution is 2.00. The predicted molar refractivity (Wildman–Crippen MR) is 65.5 cm³/mol. The molecule has 0 aliphatic carbocycles. The molecule has 0 aliphatic heterocycles. The van der Waals surface area contributed by atoms with E-state index in [1.807, 2.05) is 6.07 Å². The summed E-state index contributed by atoms with van der Waals surface area (Å²) in [6.07, 6.45) is 0. The Bertz CT molecular complexity index is 646. The first-order valence-electron chi connectivity index (χ1n) is 5.21. The van der Waals surface area contributed by atoms with Gasteiger partial charge in [-0.1, -0.05) is 30.4 Å². The Morgan fingerprint density at radius 3 is 2.53 bits per heavy atom. The van der Waals surface area contributed by atoms with Crippen molar-refractivity contribution in [2.45, 2.75) is 13.5 Å². The summed E-state index contributed by atoms with van der Waals surface area (Å²) < 4.78 is 2.35.